The number of rotatable bonds is 5. The molecule has 3 aliphatic rings. The highest BCUT2D eigenvalue weighted by atomic mass is 32.1. The highest BCUT2D eigenvalue weighted by Crippen LogP contribution is 2.39. The number of piperazine rings is 1. The Hall–Kier alpha value is -2.51. The second-order valence-corrected chi connectivity index (χ2v) is 11.7. The van der Waals surface area contributed by atoms with Crippen LogP contribution in [0.3, 0.4) is 0 Å². The molecule has 1 aromatic carbocycles. The molecule has 1 aliphatic carbocycles. The number of carbonyl (C=O) groups excluding carboxylic acids is 1. The van der Waals surface area contributed by atoms with Gasteiger partial charge in [-0.2, -0.15) is 0 Å². The van der Waals surface area contributed by atoms with Gasteiger partial charge < -0.3 is 9.80 Å². The van der Waals surface area contributed by atoms with Crippen LogP contribution in [0.1, 0.15) is 60.9 Å². The third-order valence-electron chi connectivity index (χ3n) is 8.30. The van der Waals surface area contributed by atoms with Gasteiger partial charge >= 0.3 is 0 Å². The van der Waals surface area contributed by atoms with Gasteiger partial charge in [0.1, 0.15) is 16.5 Å². The molecule has 6 nitrogen and oxygen atoms in total. The molecular weight excluding hydrogens is 466 g/mol. The Labute approximate surface area is 218 Å². The summed E-state index contributed by atoms with van der Waals surface area (Å²) in [4.78, 5) is 33.1. The van der Waals surface area contributed by atoms with Gasteiger partial charge in [0, 0.05) is 56.5 Å². The van der Waals surface area contributed by atoms with Gasteiger partial charge in [0.25, 0.3) is 0 Å². The van der Waals surface area contributed by atoms with E-state index in [1.54, 1.807) is 0 Å². The maximum absolute atomic E-state index is 13.2. The van der Waals surface area contributed by atoms with E-state index in [1.165, 1.54) is 40.7 Å². The molecule has 1 saturated carbocycles. The Morgan fingerprint density at radius 2 is 1.78 bits per heavy atom. The molecule has 2 aliphatic heterocycles. The van der Waals surface area contributed by atoms with E-state index < -0.39 is 0 Å². The number of aromatic nitrogens is 2. The first-order valence-corrected chi connectivity index (χ1v) is 14.6. The lowest BCUT2D eigenvalue weighted by molar-refractivity contribution is -0.136. The zero-order chi connectivity index (χ0) is 24.5. The van der Waals surface area contributed by atoms with Crippen LogP contribution >= 0.6 is 11.3 Å². The summed E-state index contributed by atoms with van der Waals surface area (Å²) < 4.78 is 0. The minimum absolute atomic E-state index is 0.249. The molecule has 36 heavy (non-hydrogen) atoms. The summed E-state index contributed by atoms with van der Waals surface area (Å²) in [6.45, 7) is 8.74. The number of amides is 1. The summed E-state index contributed by atoms with van der Waals surface area (Å²) in [7, 11) is 0. The van der Waals surface area contributed by atoms with E-state index in [-0.39, 0.29) is 5.92 Å². The van der Waals surface area contributed by atoms with E-state index in [2.05, 4.69) is 52.0 Å². The van der Waals surface area contributed by atoms with Crippen LogP contribution in [0.4, 0.5) is 5.82 Å². The second kappa shape index (κ2) is 10.5. The average Bonchev–Trinajstić information content (AvgIpc) is 3.31. The first kappa shape index (κ1) is 23.9. The number of hydrogen-bond donors (Lipinski definition) is 0. The standard InChI is InChI=1S/C29H37N5OS/c1-2-32-14-13-23-24(20-32)36-28-26(23)27(30-25(31-28)19-21-9-5-3-6-10-21)33-15-17-34(18-16-33)29(35)22-11-7-4-8-12-22/h3,5-6,9-10,22H,2,4,7-8,11-20H2,1H3. The molecule has 4 heterocycles. The van der Waals surface area contributed by atoms with Crippen molar-refractivity contribution in [2.24, 2.45) is 5.92 Å². The number of hydrogen-bond acceptors (Lipinski definition) is 6. The van der Waals surface area contributed by atoms with Crippen LogP contribution in [-0.2, 0) is 24.2 Å². The molecule has 0 unspecified atom stereocenters. The van der Waals surface area contributed by atoms with E-state index in [0.717, 1.165) is 88.0 Å². The zero-order valence-corrected chi connectivity index (χ0v) is 22.2. The highest BCUT2D eigenvalue weighted by Gasteiger charge is 2.31. The van der Waals surface area contributed by atoms with E-state index in [0.29, 0.717) is 5.91 Å². The topological polar surface area (TPSA) is 52.6 Å². The van der Waals surface area contributed by atoms with Gasteiger partial charge in [0.2, 0.25) is 5.91 Å². The van der Waals surface area contributed by atoms with Crippen molar-refractivity contribution in [1.82, 2.24) is 19.8 Å². The quantitative estimate of drug-likeness (QED) is 0.496. The van der Waals surface area contributed by atoms with Crippen molar-refractivity contribution >= 4 is 33.3 Å². The maximum Gasteiger partial charge on any atom is 0.225 e. The molecule has 2 fully saturated rings. The summed E-state index contributed by atoms with van der Waals surface area (Å²) in [5.74, 6) is 2.63. The highest BCUT2D eigenvalue weighted by molar-refractivity contribution is 7.19. The first-order chi connectivity index (χ1) is 17.7. The lowest BCUT2D eigenvalue weighted by Gasteiger charge is -2.38. The zero-order valence-electron chi connectivity index (χ0n) is 21.4. The average molecular weight is 504 g/mol. The van der Waals surface area contributed by atoms with E-state index in [1.807, 2.05) is 11.3 Å². The van der Waals surface area contributed by atoms with Crippen LogP contribution in [-0.4, -0.2) is 64.9 Å². The number of carbonyl (C=O) groups is 1. The van der Waals surface area contributed by atoms with Gasteiger partial charge in [-0.15, -0.1) is 11.3 Å². The number of fused-ring (bicyclic) bond motifs is 3. The SMILES string of the molecule is CCN1CCc2c(sc3nc(Cc4ccccc4)nc(N4CCN(C(=O)C5CCCCC5)CC4)c23)C1. The molecule has 0 bridgehead atoms. The van der Waals surface area contributed by atoms with E-state index in [9.17, 15) is 4.79 Å². The predicted octanol–water partition coefficient (Wildman–Crippen LogP) is 4.89. The molecule has 0 spiro atoms. The Kier molecular flexibility index (Phi) is 6.94. The summed E-state index contributed by atoms with van der Waals surface area (Å²) in [6.07, 6.45) is 7.66. The molecule has 1 amide bonds. The van der Waals surface area contributed by atoms with Gasteiger partial charge in [-0.25, -0.2) is 9.97 Å². The fourth-order valence-corrected chi connectivity index (χ4v) is 7.45. The van der Waals surface area contributed by atoms with Gasteiger partial charge in [0.15, 0.2) is 0 Å². The normalized spacial score (nSPS) is 19.6. The van der Waals surface area contributed by atoms with Crippen molar-refractivity contribution in [3.63, 3.8) is 0 Å². The number of thiophene rings is 1. The first-order valence-electron chi connectivity index (χ1n) is 13.8. The molecule has 0 radical (unpaired) electrons. The predicted molar refractivity (Wildman–Crippen MR) is 147 cm³/mol. The Morgan fingerprint density at radius 3 is 2.53 bits per heavy atom. The molecule has 190 valence electrons. The van der Waals surface area contributed by atoms with Crippen LogP contribution < -0.4 is 4.90 Å². The number of nitrogens with zero attached hydrogens (tertiary/aromatic N) is 5. The number of benzene rings is 1. The molecular formula is C29H37N5OS. The third kappa shape index (κ3) is 4.75. The number of likely N-dealkylation sites (N-methyl/N-ethyl adjacent to an activating group) is 1. The maximum atomic E-state index is 13.2. The molecule has 7 heteroatoms. The minimum atomic E-state index is 0.249. The Bertz CT molecular complexity index is 1210. The lowest BCUT2D eigenvalue weighted by Crippen LogP contribution is -2.51. The van der Waals surface area contributed by atoms with Crippen molar-refractivity contribution in [2.45, 2.75) is 58.4 Å². The summed E-state index contributed by atoms with van der Waals surface area (Å²) >= 11 is 1.86. The van der Waals surface area contributed by atoms with Crippen molar-refractivity contribution in [2.75, 3.05) is 44.2 Å². The van der Waals surface area contributed by atoms with Crippen molar-refractivity contribution < 1.29 is 4.79 Å². The summed E-state index contributed by atoms with van der Waals surface area (Å²) in [5.41, 5.74) is 2.70. The summed E-state index contributed by atoms with van der Waals surface area (Å²) in [6, 6.07) is 10.5. The lowest BCUT2D eigenvalue weighted by atomic mass is 9.88. The molecule has 6 rings (SSSR count). The van der Waals surface area contributed by atoms with E-state index >= 15 is 0 Å². The molecule has 0 N–H and O–H groups in total. The Balaban J connectivity index is 1.29. The minimum Gasteiger partial charge on any atom is -0.352 e. The largest absolute Gasteiger partial charge is 0.352 e. The van der Waals surface area contributed by atoms with Crippen molar-refractivity contribution in [3.05, 3.63) is 52.2 Å². The monoisotopic (exact) mass is 503 g/mol. The van der Waals surface area contributed by atoms with Gasteiger partial charge in [-0.3, -0.25) is 9.69 Å². The van der Waals surface area contributed by atoms with Crippen LogP contribution in [0.2, 0.25) is 0 Å². The van der Waals surface area contributed by atoms with Crippen LogP contribution in [0.15, 0.2) is 30.3 Å². The molecule has 3 aromatic rings. The van der Waals surface area contributed by atoms with Gasteiger partial charge in [-0.05, 0) is 36.9 Å². The van der Waals surface area contributed by atoms with Crippen LogP contribution in [0.25, 0.3) is 10.2 Å². The van der Waals surface area contributed by atoms with Crippen molar-refractivity contribution in [3.8, 4) is 0 Å². The molecule has 1 saturated heterocycles. The summed E-state index contributed by atoms with van der Waals surface area (Å²) in [5, 5.41) is 1.27. The van der Waals surface area contributed by atoms with Crippen molar-refractivity contribution in [1.29, 1.82) is 0 Å². The van der Waals surface area contributed by atoms with Gasteiger partial charge in [-0.1, -0.05) is 56.5 Å². The van der Waals surface area contributed by atoms with Gasteiger partial charge in [0.05, 0.1) is 5.39 Å². The molecule has 0 atom stereocenters. The van der Waals surface area contributed by atoms with E-state index in [4.69, 9.17) is 9.97 Å². The smallest absolute Gasteiger partial charge is 0.225 e. The third-order valence-corrected chi connectivity index (χ3v) is 9.41. The molecule has 2 aromatic heterocycles. The van der Waals surface area contributed by atoms with Crippen LogP contribution in [0.5, 0.6) is 0 Å². The fraction of sp³-hybridized carbons (Fsp3) is 0.552. The fourth-order valence-electron chi connectivity index (χ4n) is 6.17. The number of anilines is 1. The second-order valence-electron chi connectivity index (χ2n) is 10.6. The van der Waals surface area contributed by atoms with Crippen LogP contribution in [0, 0.1) is 5.92 Å². The Morgan fingerprint density at radius 1 is 1.00 bits per heavy atom.